The highest BCUT2D eigenvalue weighted by molar-refractivity contribution is 7.18. The van der Waals surface area contributed by atoms with Gasteiger partial charge in [-0.2, -0.15) is 5.10 Å². The summed E-state index contributed by atoms with van der Waals surface area (Å²) in [6.07, 6.45) is 2.94. The molecule has 2 aromatic heterocycles. The lowest BCUT2D eigenvalue weighted by Gasteiger charge is -2.34. The largest absolute Gasteiger partial charge is 0.328 e. The van der Waals surface area contributed by atoms with Gasteiger partial charge in [-0.25, -0.2) is 10.1 Å². The summed E-state index contributed by atoms with van der Waals surface area (Å²) in [7, 11) is 0. The van der Waals surface area contributed by atoms with Crippen molar-refractivity contribution in [3.05, 3.63) is 57.5 Å². The van der Waals surface area contributed by atoms with Gasteiger partial charge in [-0.3, -0.25) is 9.59 Å². The lowest BCUT2D eigenvalue weighted by molar-refractivity contribution is 0.0604. The van der Waals surface area contributed by atoms with Gasteiger partial charge in [-0.15, -0.1) is 11.3 Å². The topological polar surface area (TPSA) is 79.0 Å². The number of aromatic amines is 1. The molecule has 0 unspecified atom stereocenters. The summed E-state index contributed by atoms with van der Waals surface area (Å²) < 4.78 is 1.13. The van der Waals surface area contributed by atoms with Crippen molar-refractivity contribution in [1.29, 1.82) is 0 Å². The van der Waals surface area contributed by atoms with Gasteiger partial charge < -0.3 is 4.90 Å². The molecule has 0 aliphatic carbocycles. The lowest BCUT2D eigenvalue weighted by atomic mass is 10.0. The minimum atomic E-state index is -0.312. The number of benzene rings is 1. The predicted octanol–water partition coefficient (Wildman–Crippen LogP) is 2.75. The molecule has 1 aliphatic rings. The third-order valence-corrected chi connectivity index (χ3v) is 5.40. The van der Waals surface area contributed by atoms with Gasteiger partial charge in [0.05, 0.1) is 16.3 Å². The minimum absolute atomic E-state index is 0.0302. The van der Waals surface area contributed by atoms with E-state index in [1.165, 1.54) is 12.1 Å². The highest BCUT2D eigenvalue weighted by Gasteiger charge is 2.31. The molecule has 1 amide bonds. The first-order valence-corrected chi connectivity index (χ1v) is 8.76. The molecule has 4 rings (SSSR count). The van der Waals surface area contributed by atoms with Crippen molar-refractivity contribution in [2.75, 3.05) is 6.54 Å². The molecule has 1 atom stereocenters. The number of fused-ring (bicyclic) bond motifs is 1. The molecule has 0 spiro atoms. The number of rotatable bonds is 2. The number of likely N-dealkylation sites (tertiary alicyclic amines) is 1. The zero-order valence-corrected chi connectivity index (χ0v) is 13.8. The summed E-state index contributed by atoms with van der Waals surface area (Å²) in [4.78, 5) is 30.5. The molecule has 24 heavy (non-hydrogen) atoms. The van der Waals surface area contributed by atoms with Crippen LogP contribution in [-0.2, 0) is 0 Å². The van der Waals surface area contributed by atoms with Crippen LogP contribution in [0.5, 0.6) is 0 Å². The number of carbonyl (C=O) groups is 1. The van der Waals surface area contributed by atoms with Crippen LogP contribution in [-0.4, -0.2) is 32.5 Å². The maximum Gasteiger partial charge on any atom is 0.274 e. The van der Waals surface area contributed by atoms with E-state index in [1.807, 2.05) is 23.1 Å². The molecule has 1 saturated heterocycles. The number of piperidine rings is 1. The third kappa shape index (κ3) is 2.71. The Kier molecular flexibility index (Phi) is 3.86. The molecule has 6 nitrogen and oxygen atoms in total. The normalized spacial score (nSPS) is 18.0. The maximum absolute atomic E-state index is 12.8. The Morgan fingerprint density at radius 3 is 2.88 bits per heavy atom. The molecule has 1 aliphatic heterocycles. The molecule has 1 aromatic carbocycles. The zero-order chi connectivity index (χ0) is 16.5. The average Bonchev–Trinajstić information content (AvgIpc) is 3.06. The summed E-state index contributed by atoms with van der Waals surface area (Å²) in [5.41, 5.74) is 0.924. The van der Waals surface area contributed by atoms with Crippen LogP contribution in [0.2, 0.25) is 0 Å². The Bertz CT molecular complexity index is 895. The smallest absolute Gasteiger partial charge is 0.274 e. The van der Waals surface area contributed by atoms with Crippen molar-refractivity contribution >= 4 is 27.5 Å². The van der Waals surface area contributed by atoms with Gasteiger partial charge in [-0.05, 0) is 37.5 Å². The van der Waals surface area contributed by atoms with Crippen LogP contribution in [0.1, 0.15) is 40.8 Å². The van der Waals surface area contributed by atoms with Crippen molar-refractivity contribution in [3.63, 3.8) is 0 Å². The van der Waals surface area contributed by atoms with Crippen LogP contribution in [0, 0.1) is 0 Å². The van der Waals surface area contributed by atoms with Crippen molar-refractivity contribution in [3.8, 4) is 0 Å². The number of H-pyrrole nitrogens is 1. The zero-order valence-electron chi connectivity index (χ0n) is 12.9. The van der Waals surface area contributed by atoms with E-state index in [1.54, 1.807) is 11.3 Å². The Balaban J connectivity index is 1.68. The molecule has 7 heteroatoms. The Morgan fingerprint density at radius 2 is 2.08 bits per heavy atom. The van der Waals surface area contributed by atoms with E-state index in [9.17, 15) is 9.59 Å². The third-order valence-electron chi connectivity index (χ3n) is 4.26. The SMILES string of the molecule is O=C(c1ccc(=O)[nH]n1)N1CCCC[C@H]1c1nc2ccccc2s1. The van der Waals surface area contributed by atoms with Crippen molar-refractivity contribution in [2.45, 2.75) is 25.3 Å². The Morgan fingerprint density at radius 1 is 1.21 bits per heavy atom. The van der Waals surface area contributed by atoms with Crippen LogP contribution in [0.15, 0.2) is 41.2 Å². The molecule has 3 aromatic rings. The molecule has 1 N–H and O–H groups in total. The van der Waals surface area contributed by atoms with Crippen LogP contribution < -0.4 is 5.56 Å². The summed E-state index contributed by atoms with van der Waals surface area (Å²) in [6, 6.07) is 10.8. The van der Waals surface area contributed by atoms with Gasteiger partial charge in [0.2, 0.25) is 0 Å². The molecule has 0 bridgehead atoms. The van der Waals surface area contributed by atoms with Crippen LogP contribution >= 0.6 is 11.3 Å². The first kappa shape index (κ1) is 15.0. The summed E-state index contributed by atoms with van der Waals surface area (Å²) in [6.45, 7) is 0.681. The van der Waals surface area contributed by atoms with Crippen molar-refractivity contribution < 1.29 is 4.79 Å². The van der Waals surface area contributed by atoms with E-state index in [0.29, 0.717) is 6.54 Å². The molecule has 3 heterocycles. The predicted molar refractivity (Wildman–Crippen MR) is 92.1 cm³/mol. The number of carbonyl (C=O) groups excluding carboxylic acids is 1. The highest BCUT2D eigenvalue weighted by Crippen LogP contribution is 2.36. The first-order chi connectivity index (χ1) is 11.7. The molecule has 0 radical (unpaired) electrons. The highest BCUT2D eigenvalue weighted by atomic mass is 32.1. The number of hydrogen-bond donors (Lipinski definition) is 1. The molecule has 0 saturated carbocycles. The summed E-state index contributed by atoms with van der Waals surface area (Å²) in [5.74, 6) is -0.157. The molecule has 1 fully saturated rings. The second-order valence-corrected chi connectivity index (χ2v) is 6.90. The Hall–Kier alpha value is -2.54. The molecule has 122 valence electrons. The number of thiazole rings is 1. The standard InChI is InChI=1S/C17H16N4O2S/c22-15-9-8-12(19-20-15)17(23)21-10-4-3-6-13(21)16-18-11-5-1-2-7-14(11)24-16/h1-2,5,7-9,13H,3-4,6,10H2,(H,20,22)/t13-/m0/s1. The average molecular weight is 340 g/mol. The second kappa shape index (κ2) is 6.16. The van der Waals surface area contributed by atoms with Crippen LogP contribution in [0.3, 0.4) is 0 Å². The minimum Gasteiger partial charge on any atom is -0.328 e. The summed E-state index contributed by atoms with van der Waals surface area (Å²) >= 11 is 1.64. The fraction of sp³-hybridized carbons (Fsp3) is 0.294. The van der Waals surface area contributed by atoms with Gasteiger partial charge >= 0.3 is 0 Å². The monoisotopic (exact) mass is 340 g/mol. The van der Waals surface area contributed by atoms with E-state index < -0.39 is 0 Å². The molecular weight excluding hydrogens is 324 g/mol. The Labute approximate surface area is 142 Å². The van der Waals surface area contributed by atoms with E-state index in [4.69, 9.17) is 4.98 Å². The number of hydrogen-bond acceptors (Lipinski definition) is 5. The second-order valence-electron chi connectivity index (χ2n) is 5.84. The van der Waals surface area contributed by atoms with Gasteiger partial charge in [0.15, 0.2) is 0 Å². The number of para-hydroxylation sites is 1. The lowest BCUT2D eigenvalue weighted by Crippen LogP contribution is -2.39. The number of nitrogens with zero attached hydrogens (tertiary/aromatic N) is 3. The van der Waals surface area contributed by atoms with Gasteiger partial charge in [-0.1, -0.05) is 12.1 Å². The number of amides is 1. The quantitative estimate of drug-likeness (QED) is 0.778. The van der Waals surface area contributed by atoms with Gasteiger partial charge in [0, 0.05) is 12.6 Å². The van der Waals surface area contributed by atoms with Crippen LogP contribution in [0.4, 0.5) is 0 Å². The van der Waals surface area contributed by atoms with Crippen molar-refractivity contribution in [1.82, 2.24) is 20.1 Å². The van der Waals surface area contributed by atoms with Gasteiger partial charge in [0.25, 0.3) is 11.5 Å². The van der Waals surface area contributed by atoms with Crippen molar-refractivity contribution in [2.24, 2.45) is 0 Å². The van der Waals surface area contributed by atoms with Crippen LogP contribution in [0.25, 0.3) is 10.2 Å². The van der Waals surface area contributed by atoms with E-state index in [-0.39, 0.29) is 23.2 Å². The van der Waals surface area contributed by atoms with E-state index in [2.05, 4.69) is 16.3 Å². The fourth-order valence-electron chi connectivity index (χ4n) is 3.07. The molecular formula is C17H16N4O2S. The number of nitrogens with one attached hydrogen (secondary N) is 1. The van der Waals surface area contributed by atoms with Gasteiger partial charge in [0.1, 0.15) is 10.7 Å². The van der Waals surface area contributed by atoms with E-state index in [0.717, 1.165) is 34.5 Å². The van der Waals surface area contributed by atoms with E-state index >= 15 is 0 Å². The maximum atomic E-state index is 12.8. The summed E-state index contributed by atoms with van der Waals surface area (Å²) in [5, 5.41) is 7.17. The first-order valence-electron chi connectivity index (χ1n) is 7.94. The number of aromatic nitrogens is 3. The fourth-order valence-corrected chi connectivity index (χ4v) is 4.19.